The predicted octanol–water partition coefficient (Wildman–Crippen LogP) is 6.51. The normalized spacial score (nSPS) is 11.2. The molecule has 5 rings (SSSR count). The van der Waals surface area contributed by atoms with Crippen LogP contribution >= 0.6 is 11.6 Å². The van der Waals surface area contributed by atoms with E-state index in [1.54, 1.807) is 30.3 Å². The molecule has 0 saturated carbocycles. The Bertz CT molecular complexity index is 1620. The van der Waals surface area contributed by atoms with Crippen LogP contribution in [0.25, 0.3) is 33.4 Å². The monoisotopic (exact) mass is 510 g/mol. The summed E-state index contributed by atoms with van der Waals surface area (Å²) in [5, 5.41) is 0.388. The highest BCUT2D eigenvalue weighted by Crippen LogP contribution is 2.33. The van der Waals surface area contributed by atoms with Gasteiger partial charge in [-0.15, -0.1) is 0 Å². The van der Waals surface area contributed by atoms with Gasteiger partial charge in [0, 0.05) is 17.2 Å². The Kier molecular flexibility index (Phi) is 7.14. The van der Waals surface area contributed by atoms with Crippen molar-refractivity contribution >= 4 is 34.1 Å². The number of fused-ring (bicyclic) bond motifs is 1. The Labute approximate surface area is 216 Å². The first-order valence-electron chi connectivity index (χ1n) is 11.4. The molecule has 0 saturated heterocycles. The number of para-hydroxylation sites is 1. The van der Waals surface area contributed by atoms with Crippen LogP contribution in [-0.2, 0) is 4.74 Å². The SMILES string of the molecule is COC(=O)c1ccc(-c2oc3cc(-c4ccccc4)ccc3c(=O)c2OC=[SH]Oc2ccccc2)cc1. The van der Waals surface area contributed by atoms with Crippen molar-refractivity contribution in [2.75, 3.05) is 7.11 Å². The van der Waals surface area contributed by atoms with E-state index in [4.69, 9.17) is 18.1 Å². The molecular weight excluding hydrogens is 488 g/mol. The fourth-order valence-corrected chi connectivity index (χ4v) is 4.23. The average molecular weight is 511 g/mol. The van der Waals surface area contributed by atoms with Crippen LogP contribution in [0.2, 0.25) is 0 Å². The van der Waals surface area contributed by atoms with E-state index < -0.39 is 5.97 Å². The number of thiol groups is 1. The lowest BCUT2D eigenvalue weighted by molar-refractivity contribution is 0.0600. The van der Waals surface area contributed by atoms with E-state index in [1.807, 2.05) is 72.8 Å². The molecule has 184 valence electrons. The van der Waals surface area contributed by atoms with Gasteiger partial charge >= 0.3 is 5.97 Å². The van der Waals surface area contributed by atoms with Crippen LogP contribution in [0.4, 0.5) is 0 Å². The first kappa shape index (κ1) is 24.1. The van der Waals surface area contributed by atoms with Crippen molar-refractivity contribution in [1.29, 1.82) is 0 Å². The fourth-order valence-electron chi connectivity index (χ4n) is 3.80. The number of benzene rings is 4. The summed E-state index contributed by atoms with van der Waals surface area (Å²) in [5.74, 6) is 0.475. The van der Waals surface area contributed by atoms with Crippen molar-refractivity contribution in [3.05, 3.63) is 119 Å². The predicted molar refractivity (Wildman–Crippen MR) is 147 cm³/mol. The van der Waals surface area contributed by atoms with Crippen molar-refractivity contribution in [3.63, 3.8) is 0 Å². The molecule has 1 heterocycles. The Morgan fingerprint density at radius 2 is 1.49 bits per heavy atom. The molecule has 5 aromatic rings. The van der Waals surface area contributed by atoms with Crippen LogP contribution in [0.15, 0.2) is 112 Å². The number of carbonyl (C=O) groups excluding carboxylic acids is 1. The van der Waals surface area contributed by atoms with E-state index in [2.05, 4.69) is 0 Å². The second kappa shape index (κ2) is 11.0. The van der Waals surface area contributed by atoms with Crippen LogP contribution in [-0.4, -0.2) is 18.6 Å². The van der Waals surface area contributed by atoms with Gasteiger partial charge in [0.2, 0.25) is 11.2 Å². The molecule has 1 aromatic heterocycles. The Morgan fingerprint density at radius 3 is 2.19 bits per heavy atom. The fraction of sp³-hybridized carbons (Fsp3) is 0.0333. The van der Waals surface area contributed by atoms with Gasteiger partial charge in [-0.1, -0.05) is 66.7 Å². The minimum absolute atomic E-state index is 0.0231. The summed E-state index contributed by atoms with van der Waals surface area (Å²) in [6.07, 6.45) is 0. The smallest absolute Gasteiger partial charge is 0.337 e. The zero-order valence-corrected chi connectivity index (χ0v) is 20.7. The van der Waals surface area contributed by atoms with Crippen molar-refractivity contribution in [1.82, 2.24) is 0 Å². The maximum absolute atomic E-state index is 13.5. The second-order valence-corrected chi connectivity index (χ2v) is 8.57. The molecule has 0 aliphatic carbocycles. The van der Waals surface area contributed by atoms with Gasteiger partial charge in [-0.2, -0.15) is 0 Å². The molecule has 6 nitrogen and oxygen atoms in total. The summed E-state index contributed by atoms with van der Waals surface area (Å²) < 4.78 is 22.5. The molecule has 0 spiro atoms. The molecule has 4 aromatic carbocycles. The van der Waals surface area contributed by atoms with Gasteiger partial charge in [0.05, 0.1) is 18.1 Å². The lowest BCUT2D eigenvalue weighted by Gasteiger charge is -2.11. The molecule has 0 unspecified atom stereocenters. The van der Waals surface area contributed by atoms with E-state index in [0.717, 1.165) is 11.1 Å². The molecule has 0 amide bonds. The van der Waals surface area contributed by atoms with E-state index in [9.17, 15) is 9.59 Å². The largest absolute Gasteiger partial charge is 0.465 e. The van der Waals surface area contributed by atoms with Crippen LogP contribution in [0.1, 0.15) is 10.4 Å². The third-order valence-electron chi connectivity index (χ3n) is 5.64. The number of methoxy groups -OCH3 is 1. The quantitative estimate of drug-likeness (QED) is 0.153. The zero-order valence-electron chi connectivity index (χ0n) is 19.8. The van der Waals surface area contributed by atoms with E-state index >= 15 is 0 Å². The lowest BCUT2D eigenvalue weighted by Crippen LogP contribution is -2.09. The Balaban J connectivity index is 1.57. The molecule has 0 fully saturated rings. The van der Waals surface area contributed by atoms with Crippen LogP contribution in [0.5, 0.6) is 11.5 Å². The summed E-state index contributed by atoms with van der Waals surface area (Å²) in [4.78, 5) is 25.4. The molecule has 0 bridgehead atoms. The molecule has 0 aliphatic rings. The third kappa shape index (κ3) is 5.32. The van der Waals surface area contributed by atoms with Crippen molar-refractivity contribution in [2.24, 2.45) is 0 Å². The van der Waals surface area contributed by atoms with E-state index in [0.29, 0.717) is 39.5 Å². The number of ether oxygens (including phenoxy) is 2. The summed E-state index contributed by atoms with van der Waals surface area (Å²) in [6.45, 7) is 0. The maximum Gasteiger partial charge on any atom is 0.337 e. The number of hydrogen-bond donors (Lipinski definition) is 1. The minimum atomic E-state index is -0.458. The highest BCUT2D eigenvalue weighted by atomic mass is 32.2. The molecule has 0 radical (unpaired) electrons. The number of esters is 1. The van der Waals surface area contributed by atoms with Gasteiger partial charge in [0.15, 0.2) is 5.76 Å². The van der Waals surface area contributed by atoms with Gasteiger partial charge in [0.1, 0.15) is 16.9 Å². The van der Waals surface area contributed by atoms with Gasteiger partial charge in [-0.25, -0.2) is 4.79 Å². The third-order valence-corrected chi connectivity index (χ3v) is 6.15. The number of hydrogen-bond acceptors (Lipinski definition) is 6. The highest BCUT2D eigenvalue weighted by Gasteiger charge is 2.19. The standard InChI is InChI=1S/C30H22O6S/c1-33-30(32)22-14-12-21(13-15-22)28-29(34-19-37-36-24-10-6-3-7-11-24)27(31)25-17-16-23(18-26(25)35-28)20-8-4-2-5-9-20/h2-19,37H,1H3. The summed E-state index contributed by atoms with van der Waals surface area (Å²) >= 11 is 0.393. The highest BCUT2D eigenvalue weighted by molar-refractivity contribution is 7.93. The molecule has 0 aliphatic heterocycles. The van der Waals surface area contributed by atoms with Gasteiger partial charge < -0.3 is 18.1 Å². The van der Waals surface area contributed by atoms with Crippen molar-refractivity contribution in [2.45, 2.75) is 0 Å². The molecular formula is C30H22O6S. The summed E-state index contributed by atoms with van der Waals surface area (Å²) in [6, 6.07) is 31.1. The maximum atomic E-state index is 13.5. The lowest BCUT2D eigenvalue weighted by atomic mass is 10.0. The first-order valence-corrected chi connectivity index (χ1v) is 12.3. The van der Waals surface area contributed by atoms with Gasteiger partial charge in [-0.3, -0.25) is 4.79 Å². The topological polar surface area (TPSA) is 75.0 Å². The number of carbonyl (C=O) groups is 1. The van der Waals surface area contributed by atoms with E-state index in [1.165, 1.54) is 12.7 Å². The Hall–Kier alpha value is -4.62. The summed E-state index contributed by atoms with van der Waals surface area (Å²) in [7, 11) is 1.32. The molecule has 0 N–H and O–H groups in total. The van der Waals surface area contributed by atoms with Crippen LogP contribution in [0, 0.1) is 0 Å². The van der Waals surface area contributed by atoms with Crippen LogP contribution in [0.3, 0.4) is 0 Å². The van der Waals surface area contributed by atoms with Crippen LogP contribution < -0.4 is 14.3 Å². The average Bonchev–Trinajstić information content (AvgIpc) is 2.96. The molecule has 37 heavy (non-hydrogen) atoms. The molecule has 7 heteroatoms. The molecule has 0 atom stereocenters. The first-order chi connectivity index (χ1) is 18.1. The Morgan fingerprint density at radius 1 is 0.811 bits per heavy atom. The second-order valence-electron chi connectivity index (χ2n) is 7.97. The zero-order chi connectivity index (χ0) is 25.6. The van der Waals surface area contributed by atoms with Gasteiger partial charge in [0.25, 0.3) is 0 Å². The minimum Gasteiger partial charge on any atom is -0.465 e. The number of rotatable bonds is 7. The van der Waals surface area contributed by atoms with Gasteiger partial charge in [-0.05, 0) is 47.5 Å². The van der Waals surface area contributed by atoms with E-state index in [-0.39, 0.29) is 16.9 Å². The van der Waals surface area contributed by atoms with Crippen molar-refractivity contribution in [3.8, 4) is 33.9 Å². The van der Waals surface area contributed by atoms with Crippen molar-refractivity contribution < 1.29 is 22.9 Å². The summed E-state index contributed by atoms with van der Waals surface area (Å²) in [5.41, 5.74) is 4.35.